The monoisotopic (exact) mass is 288 g/mol. The number of nitrogens with one attached hydrogen (secondary N) is 1. The first-order valence-electron chi connectivity index (χ1n) is 5.84. The van der Waals surface area contributed by atoms with Gasteiger partial charge in [-0.15, -0.1) is 11.3 Å². The van der Waals surface area contributed by atoms with Gasteiger partial charge in [-0.1, -0.05) is 6.07 Å². The normalized spacial score (nSPS) is 10.7. The molecule has 6 heteroatoms. The number of carbonyl (C=O) groups is 1. The van der Waals surface area contributed by atoms with Crippen molar-refractivity contribution in [3.05, 3.63) is 62.3 Å². The third-order valence-electron chi connectivity index (χ3n) is 2.62. The molecule has 0 unspecified atom stereocenters. The number of hydrogen-bond donors (Lipinski definition) is 1. The van der Waals surface area contributed by atoms with E-state index >= 15 is 0 Å². The summed E-state index contributed by atoms with van der Waals surface area (Å²) in [7, 11) is 0. The standard InChI is InChI=1S/C14H12N2O3S/c1-10-9-11(16(18)19)4-6-13(10)15-14(17)7-5-12-3-2-8-20-12/h2-9H,1H3,(H,15,17)/b7-5+. The minimum absolute atomic E-state index is 0.00891. The minimum Gasteiger partial charge on any atom is -0.322 e. The molecule has 0 saturated heterocycles. The molecule has 0 atom stereocenters. The molecule has 0 radical (unpaired) electrons. The molecule has 0 aliphatic heterocycles. The summed E-state index contributed by atoms with van der Waals surface area (Å²) in [4.78, 5) is 22.9. The van der Waals surface area contributed by atoms with Crippen molar-refractivity contribution in [2.45, 2.75) is 6.92 Å². The Kier molecular flexibility index (Phi) is 4.27. The maximum Gasteiger partial charge on any atom is 0.269 e. The van der Waals surface area contributed by atoms with Crippen molar-refractivity contribution < 1.29 is 9.72 Å². The third kappa shape index (κ3) is 3.52. The van der Waals surface area contributed by atoms with Crippen LogP contribution in [0.25, 0.3) is 6.08 Å². The van der Waals surface area contributed by atoms with Gasteiger partial charge in [0.1, 0.15) is 0 Å². The highest BCUT2D eigenvalue weighted by molar-refractivity contribution is 7.10. The second-order valence-electron chi connectivity index (χ2n) is 4.09. The average Bonchev–Trinajstić information content (AvgIpc) is 2.91. The highest BCUT2D eigenvalue weighted by atomic mass is 32.1. The lowest BCUT2D eigenvalue weighted by molar-refractivity contribution is -0.384. The van der Waals surface area contributed by atoms with Crippen molar-refractivity contribution in [3.63, 3.8) is 0 Å². The third-order valence-corrected chi connectivity index (χ3v) is 3.46. The van der Waals surface area contributed by atoms with Crippen molar-refractivity contribution in [1.29, 1.82) is 0 Å². The zero-order chi connectivity index (χ0) is 14.5. The topological polar surface area (TPSA) is 72.2 Å². The number of nitro groups is 1. The summed E-state index contributed by atoms with van der Waals surface area (Å²) >= 11 is 1.54. The van der Waals surface area contributed by atoms with Crippen LogP contribution in [0.3, 0.4) is 0 Å². The number of non-ortho nitro benzene ring substituents is 1. The summed E-state index contributed by atoms with van der Waals surface area (Å²) in [6.45, 7) is 1.71. The van der Waals surface area contributed by atoms with E-state index in [0.29, 0.717) is 11.3 Å². The maximum absolute atomic E-state index is 11.8. The Morgan fingerprint density at radius 2 is 2.20 bits per heavy atom. The number of nitrogens with zero attached hydrogens (tertiary/aromatic N) is 1. The molecule has 0 aliphatic carbocycles. The van der Waals surface area contributed by atoms with Gasteiger partial charge in [-0.2, -0.15) is 0 Å². The van der Waals surface area contributed by atoms with Crippen LogP contribution in [0, 0.1) is 17.0 Å². The van der Waals surface area contributed by atoms with Crippen LogP contribution in [0.4, 0.5) is 11.4 Å². The molecule has 20 heavy (non-hydrogen) atoms. The Balaban J connectivity index is 2.06. The summed E-state index contributed by atoms with van der Waals surface area (Å²) < 4.78 is 0. The first kappa shape index (κ1) is 14.0. The van der Waals surface area contributed by atoms with Crippen LogP contribution in [0.2, 0.25) is 0 Å². The molecule has 2 rings (SSSR count). The van der Waals surface area contributed by atoms with Crippen molar-refractivity contribution in [2.24, 2.45) is 0 Å². The molecular formula is C14H12N2O3S. The summed E-state index contributed by atoms with van der Waals surface area (Å²) in [5.41, 5.74) is 1.23. The van der Waals surface area contributed by atoms with Gasteiger partial charge in [0, 0.05) is 28.8 Å². The minimum atomic E-state index is -0.463. The van der Waals surface area contributed by atoms with E-state index in [1.165, 1.54) is 35.6 Å². The van der Waals surface area contributed by atoms with Gasteiger partial charge in [0.2, 0.25) is 5.91 Å². The van der Waals surface area contributed by atoms with Crippen LogP contribution in [0.1, 0.15) is 10.4 Å². The fraction of sp³-hybridized carbons (Fsp3) is 0.0714. The molecule has 0 bridgehead atoms. The van der Waals surface area contributed by atoms with E-state index in [9.17, 15) is 14.9 Å². The van der Waals surface area contributed by atoms with Gasteiger partial charge in [-0.25, -0.2) is 0 Å². The first-order chi connectivity index (χ1) is 9.56. The van der Waals surface area contributed by atoms with Crippen LogP contribution < -0.4 is 5.32 Å². The lowest BCUT2D eigenvalue weighted by atomic mass is 10.2. The molecular weight excluding hydrogens is 276 g/mol. The number of aryl methyl sites for hydroxylation is 1. The fourth-order valence-electron chi connectivity index (χ4n) is 1.62. The molecule has 0 spiro atoms. The number of rotatable bonds is 4. The fourth-order valence-corrected chi connectivity index (χ4v) is 2.24. The number of anilines is 1. The van der Waals surface area contributed by atoms with E-state index in [1.807, 2.05) is 17.5 Å². The second kappa shape index (κ2) is 6.12. The van der Waals surface area contributed by atoms with Gasteiger partial charge in [-0.3, -0.25) is 14.9 Å². The zero-order valence-electron chi connectivity index (χ0n) is 10.7. The highest BCUT2D eigenvalue weighted by Crippen LogP contribution is 2.21. The highest BCUT2D eigenvalue weighted by Gasteiger charge is 2.08. The van der Waals surface area contributed by atoms with Crippen LogP contribution in [-0.4, -0.2) is 10.8 Å². The Labute approximate surface area is 119 Å². The lowest BCUT2D eigenvalue weighted by Crippen LogP contribution is -2.09. The lowest BCUT2D eigenvalue weighted by Gasteiger charge is -2.05. The smallest absolute Gasteiger partial charge is 0.269 e. The summed E-state index contributed by atoms with van der Waals surface area (Å²) in [5.74, 6) is -0.268. The van der Waals surface area contributed by atoms with Crippen LogP contribution in [0.15, 0.2) is 41.8 Å². The predicted molar refractivity (Wildman–Crippen MR) is 79.8 cm³/mol. The Bertz CT molecular complexity index is 663. The Morgan fingerprint density at radius 3 is 2.80 bits per heavy atom. The van der Waals surface area contributed by atoms with E-state index < -0.39 is 4.92 Å². The Morgan fingerprint density at radius 1 is 1.40 bits per heavy atom. The molecule has 0 aliphatic rings. The van der Waals surface area contributed by atoms with Gasteiger partial charge in [-0.05, 0) is 36.1 Å². The van der Waals surface area contributed by atoms with Crippen LogP contribution in [0.5, 0.6) is 0 Å². The summed E-state index contributed by atoms with van der Waals surface area (Å²) in [5, 5.41) is 15.3. The number of benzene rings is 1. The molecule has 0 fully saturated rings. The zero-order valence-corrected chi connectivity index (χ0v) is 11.5. The van der Waals surface area contributed by atoms with Crippen molar-refractivity contribution in [1.82, 2.24) is 0 Å². The van der Waals surface area contributed by atoms with Crippen LogP contribution in [-0.2, 0) is 4.79 Å². The van der Waals surface area contributed by atoms with Crippen molar-refractivity contribution >= 4 is 34.7 Å². The van der Waals surface area contributed by atoms with Crippen molar-refractivity contribution in [2.75, 3.05) is 5.32 Å². The number of amides is 1. The maximum atomic E-state index is 11.8. The molecule has 5 nitrogen and oxygen atoms in total. The quantitative estimate of drug-likeness (QED) is 0.530. The van der Waals surface area contributed by atoms with E-state index in [4.69, 9.17) is 0 Å². The molecule has 1 heterocycles. The number of thiophene rings is 1. The Hall–Kier alpha value is -2.47. The number of hydrogen-bond acceptors (Lipinski definition) is 4. The largest absolute Gasteiger partial charge is 0.322 e. The SMILES string of the molecule is Cc1cc([N+](=O)[O-])ccc1NC(=O)/C=C/c1cccs1. The molecule has 1 amide bonds. The number of carbonyl (C=O) groups excluding carboxylic acids is 1. The van der Waals surface area contributed by atoms with Crippen LogP contribution >= 0.6 is 11.3 Å². The molecule has 0 saturated carbocycles. The molecule has 1 aromatic carbocycles. The summed E-state index contributed by atoms with van der Waals surface area (Å²) in [6, 6.07) is 8.14. The van der Waals surface area contributed by atoms with E-state index in [-0.39, 0.29) is 11.6 Å². The second-order valence-corrected chi connectivity index (χ2v) is 5.07. The average molecular weight is 288 g/mol. The van der Waals surface area contributed by atoms with Gasteiger partial charge >= 0.3 is 0 Å². The molecule has 102 valence electrons. The van der Waals surface area contributed by atoms with Gasteiger partial charge in [0.25, 0.3) is 5.69 Å². The number of nitro benzene ring substituents is 1. The van der Waals surface area contributed by atoms with Gasteiger partial charge in [0.05, 0.1) is 4.92 Å². The van der Waals surface area contributed by atoms with E-state index in [0.717, 1.165) is 4.88 Å². The van der Waals surface area contributed by atoms with E-state index in [2.05, 4.69) is 5.32 Å². The molecule has 1 N–H and O–H groups in total. The molecule has 1 aromatic heterocycles. The summed E-state index contributed by atoms with van der Waals surface area (Å²) in [6.07, 6.45) is 3.16. The predicted octanol–water partition coefficient (Wildman–Crippen LogP) is 3.62. The molecule has 2 aromatic rings. The van der Waals surface area contributed by atoms with Gasteiger partial charge < -0.3 is 5.32 Å². The first-order valence-corrected chi connectivity index (χ1v) is 6.72. The van der Waals surface area contributed by atoms with Gasteiger partial charge in [0.15, 0.2) is 0 Å². The van der Waals surface area contributed by atoms with E-state index in [1.54, 1.807) is 13.0 Å². The van der Waals surface area contributed by atoms with Crippen molar-refractivity contribution in [3.8, 4) is 0 Å².